The first-order chi connectivity index (χ1) is 35.2. The van der Waals surface area contributed by atoms with Crippen molar-refractivity contribution in [2.45, 2.75) is 132 Å². The summed E-state index contributed by atoms with van der Waals surface area (Å²) in [7, 11) is 4.88. The number of likely N-dealkylation sites (N-methyl/N-ethyl adjacent to an activating group) is 1. The monoisotopic (exact) mass is 1000 g/mol. The number of allylic oxidation sites excluding steroid dienone is 6. The molecule has 4 aromatic rings. The quantitative estimate of drug-likeness (QED) is 0.0427. The molecule has 74 heavy (non-hydrogen) atoms. The topological polar surface area (TPSA) is 91.7 Å². The molecule has 1 aliphatic heterocycles. The van der Waals surface area contributed by atoms with E-state index in [0.29, 0.717) is 10.1 Å². The number of hydrogen-bond donors (Lipinski definition) is 0. The smallest absolute Gasteiger partial charge is 0.333 e. The summed E-state index contributed by atoms with van der Waals surface area (Å²) in [5, 5.41) is 0. The zero-order valence-electron chi connectivity index (χ0n) is 46.6. The van der Waals surface area contributed by atoms with Crippen LogP contribution in [0.1, 0.15) is 137 Å². The fourth-order valence-corrected chi connectivity index (χ4v) is 12.1. The third-order valence-electron chi connectivity index (χ3n) is 16.6. The van der Waals surface area contributed by atoms with E-state index in [1.54, 1.807) is 6.92 Å². The number of rotatable bonds is 18. The van der Waals surface area contributed by atoms with Crippen LogP contribution < -0.4 is 0 Å². The lowest BCUT2D eigenvalue weighted by atomic mass is 9.76. The zero-order valence-corrected chi connectivity index (χ0v) is 46.6. The van der Waals surface area contributed by atoms with Gasteiger partial charge in [0.25, 0.3) is 0 Å². The molecule has 2 aliphatic carbocycles. The van der Waals surface area contributed by atoms with Gasteiger partial charge in [-0.1, -0.05) is 153 Å². The van der Waals surface area contributed by atoms with E-state index in [0.717, 1.165) is 103 Å². The minimum Gasteiger partial charge on any atom is -0.469 e. The number of esters is 2. The van der Waals surface area contributed by atoms with Crippen LogP contribution in [0.3, 0.4) is 0 Å². The predicted molar refractivity (Wildman–Crippen MR) is 302 cm³/mol. The normalized spacial score (nSPS) is 21.3. The Hall–Kier alpha value is -6.12. The number of likely N-dealkylation sites (tertiary alicyclic amines) is 1. The summed E-state index contributed by atoms with van der Waals surface area (Å²) in [6, 6.07) is 31.1. The SMILES string of the molecule is C=C(C=C(CC)C1CCCC1C(=O)C(CC(=O)OC)C(C)C)c1ccc(-c2ccc(-c3ccc(C4=CCCC(C5CCC[N+]5(C)C(=O)C(C=C(C)C(=O)OC)C(C)C)=C4)cc3)n2-c2ccc(C(C)(C)C)cc2)cc1. The van der Waals surface area contributed by atoms with E-state index in [1.165, 1.54) is 36.5 Å². The van der Waals surface area contributed by atoms with Crippen LogP contribution in [-0.2, 0) is 34.1 Å². The number of hydrogen-bond acceptors (Lipinski definition) is 6. The number of ether oxygens (including phenoxy) is 2. The van der Waals surface area contributed by atoms with Gasteiger partial charge >= 0.3 is 17.8 Å². The number of aromatic nitrogens is 1. The van der Waals surface area contributed by atoms with Crippen molar-refractivity contribution in [3.05, 3.63) is 149 Å². The highest BCUT2D eigenvalue weighted by atomic mass is 16.5. The maximum absolute atomic E-state index is 14.5. The average molecular weight is 1000 g/mol. The minimum absolute atomic E-state index is 0.0159. The molecule has 2 heterocycles. The Balaban J connectivity index is 1.16. The summed E-state index contributed by atoms with van der Waals surface area (Å²) in [6.07, 6.45) is 16.3. The molecule has 2 fully saturated rings. The molecule has 1 amide bonds. The molecule has 8 nitrogen and oxygen atoms in total. The number of amides is 1. The van der Waals surface area contributed by atoms with Crippen molar-refractivity contribution in [2.75, 3.05) is 27.8 Å². The first-order valence-corrected chi connectivity index (χ1v) is 27.3. The van der Waals surface area contributed by atoms with Gasteiger partial charge in [0.05, 0.1) is 51.5 Å². The standard InChI is InChI=1S/C66H83N2O6/c1-14-46(55-20-16-21-56(55)63(70)57(42(2)3)41-62(69)73-12)38-44(6)47-23-27-49(28-24-47)59-35-36-60(67(59)54-33-31-53(32-34-54)66(8,9)10)50-29-25-48(26-30-50)51-18-15-19-52(40-51)61-22-17-37-68(61,11)64(71)58(43(4)5)39-45(7)65(72)74-13/h18,23-36,38-40,42-43,55-58,61H,6,14-17,19-22,37,41H2,1-5,7-13H3/q+1. The van der Waals surface area contributed by atoms with Gasteiger partial charge in [0, 0.05) is 35.9 Å². The van der Waals surface area contributed by atoms with Gasteiger partial charge in [-0.15, -0.1) is 0 Å². The Morgan fingerprint density at radius 2 is 1.39 bits per heavy atom. The van der Waals surface area contributed by atoms with Crippen molar-refractivity contribution in [1.82, 2.24) is 4.57 Å². The summed E-state index contributed by atoms with van der Waals surface area (Å²) in [5.74, 6) is -0.958. The number of quaternary nitrogens is 1. The van der Waals surface area contributed by atoms with Crippen LogP contribution >= 0.6 is 0 Å². The Morgan fingerprint density at radius 1 is 0.784 bits per heavy atom. The van der Waals surface area contributed by atoms with Gasteiger partial charge in [-0.3, -0.25) is 14.1 Å². The number of Topliss-reactive ketones (excluding diaryl/α,β-unsaturated/α-hetero) is 1. The van der Waals surface area contributed by atoms with Gasteiger partial charge in [0.15, 0.2) is 0 Å². The first-order valence-electron chi connectivity index (χ1n) is 27.3. The molecule has 392 valence electrons. The largest absolute Gasteiger partial charge is 0.469 e. The van der Waals surface area contributed by atoms with E-state index in [4.69, 9.17) is 9.47 Å². The van der Waals surface area contributed by atoms with Crippen molar-refractivity contribution >= 4 is 34.8 Å². The van der Waals surface area contributed by atoms with E-state index in [1.807, 2.05) is 19.9 Å². The second kappa shape index (κ2) is 23.6. The van der Waals surface area contributed by atoms with E-state index in [-0.39, 0.29) is 71.0 Å². The third-order valence-corrected chi connectivity index (χ3v) is 16.6. The third kappa shape index (κ3) is 12.0. The maximum atomic E-state index is 14.5. The van der Waals surface area contributed by atoms with Crippen molar-refractivity contribution in [3.8, 4) is 28.2 Å². The van der Waals surface area contributed by atoms with Crippen LogP contribution in [-0.4, -0.2) is 66.5 Å². The van der Waals surface area contributed by atoms with Crippen LogP contribution in [0, 0.1) is 35.5 Å². The van der Waals surface area contributed by atoms with Gasteiger partial charge < -0.3 is 14.0 Å². The Kier molecular flexibility index (Phi) is 17.7. The molecular weight excluding hydrogens is 917 g/mol. The Bertz CT molecular complexity index is 2830. The average Bonchev–Trinajstić information content (AvgIpc) is 4.17. The summed E-state index contributed by atoms with van der Waals surface area (Å²) in [5.41, 5.74) is 14.1. The number of benzene rings is 3. The van der Waals surface area contributed by atoms with Gasteiger partial charge in [-0.05, 0) is 137 Å². The predicted octanol–water partition coefficient (Wildman–Crippen LogP) is 14.9. The van der Waals surface area contributed by atoms with Crippen LogP contribution in [0.25, 0.3) is 39.3 Å². The fraction of sp³-hybridized carbons (Fsp3) is 0.455. The summed E-state index contributed by atoms with van der Waals surface area (Å²) in [6.45, 7) is 24.1. The number of carbonyl (C=O) groups excluding carboxylic acids is 4. The van der Waals surface area contributed by atoms with Crippen LogP contribution in [0.5, 0.6) is 0 Å². The van der Waals surface area contributed by atoms with Crippen molar-refractivity contribution in [3.63, 3.8) is 0 Å². The molecule has 3 aromatic carbocycles. The van der Waals surface area contributed by atoms with Gasteiger partial charge in [0.1, 0.15) is 11.8 Å². The number of methoxy groups -OCH3 is 2. The van der Waals surface area contributed by atoms with E-state index >= 15 is 0 Å². The number of carbonyl (C=O) groups is 4. The molecule has 8 heteroatoms. The van der Waals surface area contributed by atoms with Crippen molar-refractivity contribution < 1.29 is 33.1 Å². The van der Waals surface area contributed by atoms with Gasteiger partial charge in [-0.25, -0.2) is 9.59 Å². The molecule has 3 aliphatic rings. The van der Waals surface area contributed by atoms with E-state index in [2.05, 4.69) is 163 Å². The molecule has 6 unspecified atom stereocenters. The Morgan fingerprint density at radius 3 is 1.96 bits per heavy atom. The molecule has 1 aromatic heterocycles. The Labute approximate surface area is 442 Å². The zero-order chi connectivity index (χ0) is 53.6. The van der Waals surface area contributed by atoms with Crippen molar-refractivity contribution in [2.24, 2.45) is 35.5 Å². The second-order valence-corrected chi connectivity index (χ2v) is 23.2. The van der Waals surface area contributed by atoms with Crippen LogP contribution in [0.15, 0.2) is 133 Å². The van der Waals surface area contributed by atoms with E-state index < -0.39 is 5.97 Å². The lowest BCUT2D eigenvalue weighted by Crippen LogP contribution is -2.56. The van der Waals surface area contributed by atoms with Gasteiger partial charge in [-0.2, -0.15) is 0 Å². The highest BCUT2D eigenvalue weighted by Crippen LogP contribution is 2.44. The molecule has 7 rings (SSSR count). The van der Waals surface area contributed by atoms with Gasteiger partial charge in [0.2, 0.25) is 0 Å². The van der Waals surface area contributed by atoms with Crippen molar-refractivity contribution in [1.29, 1.82) is 0 Å². The fourth-order valence-electron chi connectivity index (χ4n) is 12.1. The summed E-state index contributed by atoms with van der Waals surface area (Å²) >= 11 is 0. The number of ketones is 1. The van der Waals surface area contributed by atoms with Crippen LogP contribution in [0.2, 0.25) is 0 Å². The molecule has 0 spiro atoms. The molecule has 6 atom stereocenters. The number of nitrogens with zero attached hydrogens (tertiary/aromatic N) is 2. The lowest BCUT2D eigenvalue weighted by molar-refractivity contribution is -0.843. The molecule has 1 saturated carbocycles. The molecule has 0 N–H and O–H groups in total. The van der Waals surface area contributed by atoms with Crippen LogP contribution in [0.4, 0.5) is 0 Å². The second-order valence-electron chi connectivity index (χ2n) is 23.2. The maximum Gasteiger partial charge on any atom is 0.333 e. The highest BCUT2D eigenvalue weighted by molar-refractivity contribution is 5.90. The lowest BCUT2D eigenvalue weighted by Gasteiger charge is -2.38. The molecule has 1 saturated heterocycles. The highest BCUT2D eigenvalue weighted by Gasteiger charge is 2.49. The molecular formula is C66H83N2O6+. The summed E-state index contributed by atoms with van der Waals surface area (Å²) < 4.78 is 12.7. The summed E-state index contributed by atoms with van der Waals surface area (Å²) in [4.78, 5) is 53.3. The van der Waals surface area contributed by atoms with E-state index in [9.17, 15) is 19.2 Å². The molecule has 0 bridgehead atoms. The molecule has 0 radical (unpaired) electrons. The minimum atomic E-state index is -0.395. The first kappa shape index (κ1) is 55.6.